The number of nitro groups is 1. The van der Waals surface area contributed by atoms with E-state index in [1.54, 1.807) is 18.3 Å². The Morgan fingerprint density at radius 3 is 2.70 bits per heavy atom. The third kappa shape index (κ3) is 3.03. The molecule has 6 heteroatoms. The van der Waals surface area contributed by atoms with Crippen molar-refractivity contribution >= 4 is 22.9 Å². The molecule has 0 aliphatic carbocycles. The fraction of sp³-hybridized carbons (Fsp3) is 0.214. The summed E-state index contributed by atoms with van der Waals surface area (Å²) in [6.07, 6.45) is 0. The average molecular weight is 290 g/mol. The van der Waals surface area contributed by atoms with Crippen LogP contribution in [-0.2, 0) is 0 Å². The van der Waals surface area contributed by atoms with Gasteiger partial charge in [0.2, 0.25) is 0 Å². The Morgan fingerprint density at radius 2 is 2.15 bits per heavy atom. The molecular formula is C14H14N2O3S. The predicted molar refractivity (Wildman–Crippen MR) is 78.0 cm³/mol. The van der Waals surface area contributed by atoms with Crippen molar-refractivity contribution in [2.24, 2.45) is 0 Å². The molecule has 1 heterocycles. The van der Waals surface area contributed by atoms with E-state index >= 15 is 0 Å². The van der Waals surface area contributed by atoms with Gasteiger partial charge in [0, 0.05) is 22.1 Å². The smallest absolute Gasteiger partial charge is 0.272 e. The molecule has 1 atom stereocenters. The summed E-state index contributed by atoms with van der Waals surface area (Å²) in [4.78, 5) is 23.5. The first-order chi connectivity index (χ1) is 9.49. The van der Waals surface area contributed by atoms with Crippen molar-refractivity contribution < 1.29 is 9.72 Å². The minimum atomic E-state index is -0.453. The van der Waals surface area contributed by atoms with Crippen molar-refractivity contribution in [1.29, 1.82) is 0 Å². The molecule has 1 aromatic carbocycles. The van der Waals surface area contributed by atoms with Gasteiger partial charge in [-0.25, -0.2) is 0 Å². The van der Waals surface area contributed by atoms with Gasteiger partial charge in [-0.1, -0.05) is 6.07 Å². The Bertz CT molecular complexity index is 638. The van der Waals surface area contributed by atoms with Gasteiger partial charge in [0.1, 0.15) is 0 Å². The summed E-state index contributed by atoms with van der Waals surface area (Å²) in [6.45, 7) is 3.53. The number of amides is 1. The van der Waals surface area contributed by atoms with Crippen LogP contribution in [0.3, 0.4) is 0 Å². The van der Waals surface area contributed by atoms with E-state index in [1.807, 2.05) is 24.4 Å². The molecule has 0 spiro atoms. The van der Waals surface area contributed by atoms with Gasteiger partial charge in [-0.3, -0.25) is 14.9 Å². The van der Waals surface area contributed by atoms with Gasteiger partial charge in [-0.15, -0.1) is 11.3 Å². The third-order valence-corrected chi connectivity index (χ3v) is 4.03. The lowest BCUT2D eigenvalue weighted by molar-refractivity contribution is -0.385. The first-order valence-corrected chi connectivity index (χ1v) is 6.96. The second-order valence-corrected chi connectivity index (χ2v) is 5.45. The van der Waals surface area contributed by atoms with Gasteiger partial charge < -0.3 is 5.32 Å². The molecule has 0 aliphatic rings. The number of carbonyl (C=O) groups is 1. The lowest BCUT2D eigenvalue weighted by Crippen LogP contribution is -2.26. The van der Waals surface area contributed by atoms with E-state index < -0.39 is 4.92 Å². The van der Waals surface area contributed by atoms with Crippen molar-refractivity contribution in [3.05, 3.63) is 61.8 Å². The van der Waals surface area contributed by atoms with Crippen LogP contribution in [0.4, 0.5) is 5.69 Å². The maximum absolute atomic E-state index is 12.1. The number of nitrogens with zero attached hydrogens (tertiary/aromatic N) is 1. The third-order valence-electron chi connectivity index (χ3n) is 2.97. The van der Waals surface area contributed by atoms with Crippen molar-refractivity contribution in [1.82, 2.24) is 5.32 Å². The van der Waals surface area contributed by atoms with Crippen LogP contribution in [0.1, 0.15) is 33.8 Å². The van der Waals surface area contributed by atoms with Crippen molar-refractivity contribution in [2.45, 2.75) is 19.9 Å². The Balaban J connectivity index is 2.14. The standard InChI is InChI=1S/C14H14N2O3S/c1-9-8-11(5-6-12(9)16(18)19)14(17)15-10(2)13-4-3-7-20-13/h3-8,10H,1-2H3,(H,15,17). The fourth-order valence-electron chi connectivity index (χ4n) is 1.89. The van der Waals surface area contributed by atoms with Gasteiger partial charge in [0.15, 0.2) is 0 Å². The minimum absolute atomic E-state index is 0.0212. The van der Waals surface area contributed by atoms with Crippen LogP contribution in [0, 0.1) is 17.0 Å². The zero-order valence-corrected chi connectivity index (χ0v) is 11.9. The summed E-state index contributed by atoms with van der Waals surface area (Å²) in [7, 11) is 0. The zero-order valence-electron chi connectivity index (χ0n) is 11.1. The van der Waals surface area contributed by atoms with Gasteiger partial charge in [-0.2, -0.15) is 0 Å². The minimum Gasteiger partial charge on any atom is -0.345 e. The Labute approximate surface area is 120 Å². The van der Waals surface area contributed by atoms with E-state index in [2.05, 4.69) is 5.32 Å². The molecule has 1 unspecified atom stereocenters. The number of hydrogen-bond donors (Lipinski definition) is 1. The van der Waals surface area contributed by atoms with Gasteiger partial charge in [-0.05, 0) is 37.4 Å². The molecule has 0 aliphatic heterocycles. The van der Waals surface area contributed by atoms with E-state index in [0.717, 1.165) is 4.88 Å². The molecule has 1 amide bonds. The van der Waals surface area contributed by atoms with Crippen LogP contribution in [0.2, 0.25) is 0 Å². The molecule has 0 saturated heterocycles. The van der Waals surface area contributed by atoms with Crippen LogP contribution < -0.4 is 5.32 Å². The number of hydrogen-bond acceptors (Lipinski definition) is 4. The van der Waals surface area contributed by atoms with E-state index in [9.17, 15) is 14.9 Å². The predicted octanol–water partition coefficient (Wildman–Crippen LogP) is 3.46. The van der Waals surface area contributed by atoms with Gasteiger partial charge in [0.25, 0.3) is 11.6 Å². The normalized spacial score (nSPS) is 11.9. The van der Waals surface area contributed by atoms with Crippen molar-refractivity contribution in [3.8, 4) is 0 Å². The van der Waals surface area contributed by atoms with E-state index in [0.29, 0.717) is 11.1 Å². The SMILES string of the molecule is Cc1cc(C(=O)NC(C)c2cccs2)ccc1[N+](=O)[O-]. The summed E-state index contributed by atoms with van der Waals surface area (Å²) >= 11 is 1.57. The molecule has 2 aromatic rings. The maximum Gasteiger partial charge on any atom is 0.272 e. The molecule has 0 fully saturated rings. The van der Waals surface area contributed by atoms with Gasteiger partial charge in [0.05, 0.1) is 11.0 Å². The topological polar surface area (TPSA) is 72.2 Å². The number of nitrogens with one attached hydrogen (secondary N) is 1. The number of thiophene rings is 1. The maximum atomic E-state index is 12.1. The van der Waals surface area contributed by atoms with E-state index in [-0.39, 0.29) is 17.6 Å². The fourth-order valence-corrected chi connectivity index (χ4v) is 2.62. The molecule has 104 valence electrons. The Kier molecular flexibility index (Phi) is 4.14. The number of aryl methyl sites for hydroxylation is 1. The average Bonchev–Trinajstić information content (AvgIpc) is 2.91. The Morgan fingerprint density at radius 1 is 1.40 bits per heavy atom. The highest BCUT2D eigenvalue weighted by Crippen LogP contribution is 2.21. The molecule has 1 aromatic heterocycles. The van der Waals surface area contributed by atoms with Crippen molar-refractivity contribution in [3.63, 3.8) is 0 Å². The van der Waals surface area contributed by atoms with Crippen molar-refractivity contribution in [2.75, 3.05) is 0 Å². The van der Waals surface area contributed by atoms with Crippen LogP contribution in [0.25, 0.3) is 0 Å². The molecule has 20 heavy (non-hydrogen) atoms. The van der Waals surface area contributed by atoms with Crippen LogP contribution >= 0.6 is 11.3 Å². The second kappa shape index (κ2) is 5.83. The van der Waals surface area contributed by atoms with E-state index in [4.69, 9.17) is 0 Å². The molecular weight excluding hydrogens is 276 g/mol. The summed E-state index contributed by atoms with van der Waals surface area (Å²) in [6, 6.07) is 8.17. The monoisotopic (exact) mass is 290 g/mol. The summed E-state index contributed by atoms with van der Waals surface area (Å²) < 4.78 is 0. The molecule has 0 bridgehead atoms. The van der Waals surface area contributed by atoms with E-state index in [1.165, 1.54) is 18.2 Å². The first kappa shape index (κ1) is 14.2. The zero-order chi connectivity index (χ0) is 14.7. The number of nitro benzene ring substituents is 1. The Hall–Kier alpha value is -2.21. The highest BCUT2D eigenvalue weighted by atomic mass is 32.1. The molecule has 1 N–H and O–H groups in total. The van der Waals surface area contributed by atoms with Crippen LogP contribution in [-0.4, -0.2) is 10.8 Å². The number of rotatable bonds is 4. The van der Waals surface area contributed by atoms with Crippen LogP contribution in [0.15, 0.2) is 35.7 Å². The summed E-state index contributed by atoms with van der Waals surface area (Å²) in [5, 5.41) is 15.6. The largest absolute Gasteiger partial charge is 0.345 e. The number of carbonyl (C=O) groups excluding carboxylic acids is 1. The van der Waals surface area contributed by atoms with Gasteiger partial charge >= 0.3 is 0 Å². The lowest BCUT2D eigenvalue weighted by atomic mass is 10.1. The quantitative estimate of drug-likeness (QED) is 0.692. The lowest BCUT2D eigenvalue weighted by Gasteiger charge is -2.12. The number of benzene rings is 1. The summed E-state index contributed by atoms with van der Waals surface area (Å²) in [5.41, 5.74) is 0.927. The molecule has 0 saturated carbocycles. The first-order valence-electron chi connectivity index (χ1n) is 6.08. The highest BCUT2D eigenvalue weighted by Gasteiger charge is 2.16. The van der Waals surface area contributed by atoms with Crippen LogP contribution in [0.5, 0.6) is 0 Å². The summed E-state index contributed by atoms with van der Waals surface area (Å²) in [5.74, 6) is -0.233. The second-order valence-electron chi connectivity index (χ2n) is 4.47. The highest BCUT2D eigenvalue weighted by molar-refractivity contribution is 7.10. The molecule has 2 rings (SSSR count). The molecule has 0 radical (unpaired) electrons. The molecule has 5 nitrogen and oxygen atoms in total.